The van der Waals surface area contributed by atoms with Crippen LogP contribution in [-0.4, -0.2) is 69.5 Å². The molecule has 1 aliphatic heterocycles. The number of halogens is 1. The number of likely N-dealkylation sites (tertiary alicyclic amines) is 1. The van der Waals surface area contributed by atoms with Crippen molar-refractivity contribution >= 4 is 29.9 Å². The van der Waals surface area contributed by atoms with Crippen molar-refractivity contribution in [2.75, 3.05) is 40.4 Å². The Morgan fingerprint density at radius 2 is 1.88 bits per heavy atom. The third kappa shape index (κ3) is 9.48. The van der Waals surface area contributed by atoms with Crippen molar-refractivity contribution in [3.05, 3.63) is 23.8 Å². The summed E-state index contributed by atoms with van der Waals surface area (Å²) in [6, 6.07) is 6.52. The number of nitrogens with zero attached hydrogens (tertiary/aromatic N) is 2. The van der Waals surface area contributed by atoms with Gasteiger partial charge in [-0.15, -0.1) is 24.0 Å². The first kappa shape index (κ1) is 28.0. The number of guanidine groups is 1. The number of benzene rings is 1. The second kappa shape index (κ2) is 14.9. The quantitative estimate of drug-likeness (QED) is 0.248. The molecule has 1 aromatic rings. The third-order valence-corrected chi connectivity index (χ3v) is 6.33. The van der Waals surface area contributed by atoms with E-state index in [1.54, 1.807) is 7.11 Å². The van der Waals surface area contributed by atoms with Crippen LogP contribution in [0, 0.1) is 0 Å². The van der Waals surface area contributed by atoms with Gasteiger partial charge in [0.15, 0.2) is 5.96 Å². The molecule has 1 heterocycles. The first-order chi connectivity index (χ1) is 15.6. The molecule has 0 aromatic heterocycles. The summed E-state index contributed by atoms with van der Waals surface area (Å²) in [5.41, 5.74) is 1.13. The molecule has 1 saturated carbocycles. The van der Waals surface area contributed by atoms with Gasteiger partial charge in [-0.2, -0.15) is 0 Å². The van der Waals surface area contributed by atoms with E-state index < -0.39 is 0 Å². The zero-order chi connectivity index (χ0) is 22.8. The standard InChI is InChI=1S/C25H42N4O3.HI/c1-19(2)31-16-15-29-13-11-21(12-14-29)28-25(26-3)27-18-20-9-10-23(30-4)17-24(20)32-22-7-5-6-8-22;/h9-10,17,19,21-22H,5-8,11-16,18H2,1-4H3,(H2,26,27,28);1H. The van der Waals surface area contributed by atoms with Crippen molar-refractivity contribution in [2.24, 2.45) is 4.99 Å². The van der Waals surface area contributed by atoms with Crippen molar-refractivity contribution in [3.8, 4) is 11.5 Å². The first-order valence-corrected chi connectivity index (χ1v) is 12.2. The van der Waals surface area contributed by atoms with Gasteiger partial charge in [-0.1, -0.05) is 0 Å². The fourth-order valence-corrected chi connectivity index (χ4v) is 4.39. The van der Waals surface area contributed by atoms with Crippen LogP contribution in [0.3, 0.4) is 0 Å². The van der Waals surface area contributed by atoms with E-state index in [9.17, 15) is 0 Å². The van der Waals surface area contributed by atoms with E-state index in [-0.39, 0.29) is 24.0 Å². The predicted octanol–water partition coefficient (Wildman–Crippen LogP) is 4.19. The molecule has 0 bridgehead atoms. The lowest BCUT2D eigenvalue weighted by atomic mass is 10.1. The number of ether oxygens (including phenoxy) is 3. The lowest BCUT2D eigenvalue weighted by molar-refractivity contribution is 0.0532. The molecule has 0 unspecified atom stereocenters. The summed E-state index contributed by atoms with van der Waals surface area (Å²) in [4.78, 5) is 6.93. The highest BCUT2D eigenvalue weighted by Gasteiger charge is 2.21. The summed E-state index contributed by atoms with van der Waals surface area (Å²) >= 11 is 0. The Labute approximate surface area is 217 Å². The third-order valence-electron chi connectivity index (χ3n) is 6.33. The highest BCUT2D eigenvalue weighted by molar-refractivity contribution is 14.0. The summed E-state index contributed by atoms with van der Waals surface area (Å²) in [5, 5.41) is 7.08. The first-order valence-electron chi connectivity index (χ1n) is 12.2. The maximum absolute atomic E-state index is 6.33. The normalized spacial score (nSPS) is 18.3. The van der Waals surface area contributed by atoms with Crippen molar-refractivity contribution in [1.29, 1.82) is 0 Å². The largest absolute Gasteiger partial charge is 0.497 e. The molecule has 8 heteroatoms. The van der Waals surface area contributed by atoms with E-state index in [0.717, 1.165) is 74.9 Å². The number of aliphatic imine (C=N–C) groups is 1. The molecule has 0 amide bonds. The molecule has 33 heavy (non-hydrogen) atoms. The van der Waals surface area contributed by atoms with Gasteiger partial charge in [0.1, 0.15) is 11.5 Å². The molecule has 188 valence electrons. The summed E-state index contributed by atoms with van der Waals surface area (Å²) < 4.78 is 17.4. The Morgan fingerprint density at radius 3 is 2.52 bits per heavy atom. The Balaban J connectivity index is 0.00000385. The summed E-state index contributed by atoms with van der Waals surface area (Å²) in [6.45, 7) is 8.85. The number of nitrogens with one attached hydrogen (secondary N) is 2. The van der Waals surface area contributed by atoms with Crippen LogP contribution >= 0.6 is 24.0 Å². The van der Waals surface area contributed by atoms with Crippen LogP contribution in [0.1, 0.15) is 57.9 Å². The van der Waals surface area contributed by atoms with Gasteiger partial charge in [0.2, 0.25) is 0 Å². The van der Waals surface area contributed by atoms with Crippen LogP contribution in [0.2, 0.25) is 0 Å². The minimum atomic E-state index is 0. The Bertz CT molecular complexity index is 718. The Kier molecular flexibility index (Phi) is 12.6. The lowest BCUT2D eigenvalue weighted by Gasteiger charge is -2.33. The van der Waals surface area contributed by atoms with Crippen LogP contribution in [0.5, 0.6) is 11.5 Å². The molecular weight excluding hydrogens is 531 g/mol. The average molecular weight is 575 g/mol. The molecule has 3 rings (SSSR count). The van der Waals surface area contributed by atoms with E-state index in [0.29, 0.717) is 24.8 Å². The van der Waals surface area contributed by atoms with E-state index in [2.05, 4.69) is 40.4 Å². The summed E-state index contributed by atoms with van der Waals surface area (Å²) in [6.07, 6.45) is 7.62. The van der Waals surface area contributed by atoms with Crippen LogP contribution in [0.4, 0.5) is 0 Å². The van der Waals surface area contributed by atoms with Crippen LogP contribution < -0.4 is 20.1 Å². The number of rotatable bonds is 10. The molecule has 1 aliphatic carbocycles. The van der Waals surface area contributed by atoms with E-state index in [1.807, 2.05) is 19.2 Å². The smallest absolute Gasteiger partial charge is 0.191 e. The number of piperidine rings is 1. The zero-order valence-electron chi connectivity index (χ0n) is 20.8. The van der Waals surface area contributed by atoms with Crippen LogP contribution in [0.15, 0.2) is 23.2 Å². The minimum absolute atomic E-state index is 0. The second-order valence-electron chi connectivity index (χ2n) is 9.10. The molecule has 0 radical (unpaired) electrons. The van der Waals surface area contributed by atoms with Gasteiger partial charge in [-0.25, -0.2) is 0 Å². The van der Waals surface area contributed by atoms with Crippen molar-refractivity contribution < 1.29 is 14.2 Å². The number of hydrogen-bond acceptors (Lipinski definition) is 5. The van der Waals surface area contributed by atoms with E-state index >= 15 is 0 Å². The summed E-state index contributed by atoms with van der Waals surface area (Å²) in [5.74, 6) is 2.58. The van der Waals surface area contributed by atoms with Gasteiger partial charge in [0.05, 0.1) is 25.9 Å². The van der Waals surface area contributed by atoms with Crippen molar-refractivity contribution in [2.45, 2.75) is 77.2 Å². The maximum Gasteiger partial charge on any atom is 0.191 e. The Morgan fingerprint density at radius 1 is 1.15 bits per heavy atom. The molecule has 1 aromatic carbocycles. The van der Waals surface area contributed by atoms with Crippen molar-refractivity contribution in [1.82, 2.24) is 15.5 Å². The van der Waals surface area contributed by atoms with Gasteiger partial charge in [-0.05, 0) is 64.5 Å². The molecule has 0 spiro atoms. The highest BCUT2D eigenvalue weighted by atomic mass is 127. The SMILES string of the molecule is CN=C(NCc1ccc(OC)cc1OC1CCCC1)NC1CCN(CCOC(C)C)CC1.I. The molecule has 0 atom stereocenters. The molecule has 2 aliphatic rings. The number of hydrogen-bond donors (Lipinski definition) is 2. The fraction of sp³-hybridized carbons (Fsp3) is 0.720. The van der Waals surface area contributed by atoms with Gasteiger partial charge >= 0.3 is 0 Å². The van der Waals surface area contributed by atoms with Crippen LogP contribution in [0.25, 0.3) is 0 Å². The summed E-state index contributed by atoms with van der Waals surface area (Å²) in [7, 11) is 3.53. The average Bonchev–Trinajstić information content (AvgIpc) is 3.31. The molecule has 2 fully saturated rings. The minimum Gasteiger partial charge on any atom is -0.497 e. The lowest BCUT2D eigenvalue weighted by Crippen LogP contribution is -2.49. The number of methoxy groups -OCH3 is 1. The van der Waals surface area contributed by atoms with Gasteiger partial charge < -0.3 is 29.7 Å². The van der Waals surface area contributed by atoms with E-state index in [4.69, 9.17) is 14.2 Å². The Hall–Kier alpha value is -1.26. The van der Waals surface area contributed by atoms with Gasteiger partial charge in [-0.3, -0.25) is 4.99 Å². The fourth-order valence-electron chi connectivity index (χ4n) is 4.39. The zero-order valence-corrected chi connectivity index (χ0v) is 23.1. The van der Waals surface area contributed by atoms with Gasteiger partial charge in [0, 0.05) is 50.9 Å². The maximum atomic E-state index is 6.33. The topological polar surface area (TPSA) is 67.4 Å². The molecule has 1 saturated heterocycles. The van der Waals surface area contributed by atoms with Crippen molar-refractivity contribution in [3.63, 3.8) is 0 Å². The molecule has 2 N–H and O–H groups in total. The second-order valence-corrected chi connectivity index (χ2v) is 9.10. The van der Waals surface area contributed by atoms with Crippen LogP contribution in [-0.2, 0) is 11.3 Å². The molecule has 7 nitrogen and oxygen atoms in total. The van der Waals surface area contributed by atoms with E-state index in [1.165, 1.54) is 12.8 Å². The molecular formula is C25H43IN4O3. The van der Waals surface area contributed by atoms with Gasteiger partial charge in [0.25, 0.3) is 0 Å². The predicted molar refractivity (Wildman–Crippen MR) is 145 cm³/mol. The highest BCUT2D eigenvalue weighted by Crippen LogP contribution is 2.30. The monoisotopic (exact) mass is 574 g/mol.